The molecule has 1 radical (unpaired) electrons. The second-order valence-electron chi connectivity index (χ2n) is 3.92. The van der Waals surface area contributed by atoms with E-state index in [0.717, 1.165) is 13.0 Å². The maximum absolute atomic E-state index is 9.01. The van der Waals surface area contributed by atoms with Crippen LogP contribution in [0.2, 0.25) is 8.73 Å². The molecule has 1 unspecified atom stereocenters. The fraction of sp³-hybridized carbons (Fsp3) is 1.00. The van der Waals surface area contributed by atoms with Crippen molar-refractivity contribution in [1.82, 2.24) is 0 Å². The van der Waals surface area contributed by atoms with Gasteiger partial charge < -0.3 is 0 Å². The zero-order valence-corrected chi connectivity index (χ0v) is 9.88. The average molecular weight is 278 g/mol. The van der Waals surface area contributed by atoms with Gasteiger partial charge in [-0.1, -0.05) is 0 Å². The van der Waals surface area contributed by atoms with E-state index in [1.54, 1.807) is 0 Å². The first-order valence-electron chi connectivity index (χ1n) is 4.73. The van der Waals surface area contributed by atoms with Crippen molar-refractivity contribution >= 4 is 21.6 Å². The molecule has 2 fully saturated rings. The Labute approximate surface area is 84.2 Å². The van der Waals surface area contributed by atoms with E-state index in [1.165, 1.54) is 21.6 Å². The molecule has 12 heavy (non-hydrogen) atoms. The Bertz CT molecular complexity index is 155. The molecule has 0 aromatic heterocycles. The van der Waals surface area contributed by atoms with Crippen LogP contribution in [0.4, 0.5) is 0 Å². The van der Waals surface area contributed by atoms with Crippen molar-refractivity contribution in [1.29, 1.82) is 0 Å². The number of aliphatic hydroxyl groups is 1. The summed E-state index contributed by atoms with van der Waals surface area (Å²) in [6, 6.07) is 0. The Morgan fingerprint density at radius 1 is 1.42 bits per heavy atom. The van der Waals surface area contributed by atoms with Gasteiger partial charge in [-0.25, -0.2) is 0 Å². The molecule has 3 heteroatoms. The third-order valence-electron chi connectivity index (χ3n) is 3.00. The summed E-state index contributed by atoms with van der Waals surface area (Å²) in [6.07, 6.45) is 3.71. The molecule has 0 amide bonds. The van der Waals surface area contributed by atoms with Crippen LogP contribution < -0.4 is 0 Å². The number of hydrogen-bond acceptors (Lipinski definition) is 2. The molecule has 0 aromatic carbocycles. The zero-order valence-electron chi connectivity index (χ0n) is 7.33. The van der Waals surface area contributed by atoms with Crippen molar-refractivity contribution in [3.63, 3.8) is 0 Å². The summed E-state index contributed by atoms with van der Waals surface area (Å²) in [5, 5.41) is 9.01. The first-order chi connectivity index (χ1) is 5.85. The molecular weight excluding hydrogens is 262 g/mol. The van der Waals surface area contributed by atoms with Gasteiger partial charge in [-0.3, -0.25) is 0 Å². The molecule has 2 saturated heterocycles. The third-order valence-corrected chi connectivity index (χ3v) is 6.08. The van der Waals surface area contributed by atoms with Crippen LogP contribution in [-0.4, -0.2) is 45.5 Å². The van der Waals surface area contributed by atoms with Gasteiger partial charge in [-0.15, -0.1) is 0 Å². The van der Waals surface area contributed by atoms with Gasteiger partial charge in [0, 0.05) is 0 Å². The van der Waals surface area contributed by atoms with Crippen LogP contribution in [-0.2, 0) is 4.74 Å². The third kappa shape index (κ3) is 1.81. The molecular formula is C9H16O2Sb. The molecule has 69 valence electrons. The molecule has 1 atom stereocenters. The average Bonchev–Trinajstić information content (AvgIpc) is 2.50. The topological polar surface area (TPSA) is 29.5 Å². The van der Waals surface area contributed by atoms with E-state index in [2.05, 4.69) is 0 Å². The Hall–Kier alpha value is 0.738. The molecule has 0 saturated carbocycles. The van der Waals surface area contributed by atoms with Gasteiger partial charge in [-0.2, -0.15) is 0 Å². The standard InChI is InChI=1S/C9H16O2.Sb/c1-3-9(4-2)5-8(6-10)7-11-9;/h8,10H,1-7H2;. The van der Waals surface area contributed by atoms with E-state index < -0.39 is 0 Å². The van der Waals surface area contributed by atoms with E-state index in [9.17, 15) is 0 Å². The Morgan fingerprint density at radius 2 is 2.17 bits per heavy atom. The van der Waals surface area contributed by atoms with Crippen LogP contribution in [0, 0.1) is 5.92 Å². The second kappa shape index (κ2) is 3.85. The van der Waals surface area contributed by atoms with Crippen molar-refractivity contribution in [2.45, 2.75) is 33.6 Å². The summed E-state index contributed by atoms with van der Waals surface area (Å²) >= 11 is 0.196. The van der Waals surface area contributed by atoms with Crippen molar-refractivity contribution in [3.05, 3.63) is 0 Å². The Balaban J connectivity index is 1.94. The molecule has 1 spiro atoms. The summed E-state index contributed by atoms with van der Waals surface area (Å²) < 4.78 is 8.78. The maximum atomic E-state index is 9.01. The summed E-state index contributed by atoms with van der Waals surface area (Å²) in [7, 11) is 0. The van der Waals surface area contributed by atoms with Gasteiger partial charge in [0.15, 0.2) is 0 Å². The predicted octanol–water partition coefficient (Wildman–Crippen LogP) is 1.09. The molecule has 2 aliphatic heterocycles. The minimum atomic E-state index is 0.196. The quantitative estimate of drug-likeness (QED) is 0.727. The summed E-state index contributed by atoms with van der Waals surface area (Å²) in [5.74, 6) is 0.436. The first-order valence-corrected chi connectivity index (χ1v) is 8.34. The molecule has 2 heterocycles. The Kier molecular flexibility index (Phi) is 2.99. The number of aliphatic hydroxyl groups excluding tert-OH is 1. The van der Waals surface area contributed by atoms with Crippen LogP contribution in [0.15, 0.2) is 0 Å². The normalized spacial score (nSPS) is 34.2. The van der Waals surface area contributed by atoms with Gasteiger partial charge >= 0.3 is 84.2 Å². The van der Waals surface area contributed by atoms with Crippen LogP contribution in [0.1, 0.15) is 19.3 Å². The van der Waals surface area contributed by atoms with E-state index in [-0.39, 0.29) is 27.2 Å². The monoisotopic (exact) mass is 277 g/mol. The number of rotatable bonds is 1. The summed E-state index contributed by atoms with van der Waals surface area (Å²) in [5.41, 5.74) is 0.224. The molecule has 2 nitrogen and oxygen atoms in total. The molecule has 2 aliphatic rings. The van der Waals surface area contributed by atoms with Crippen LogP contribution >= 0.6 is 0 Å². The molecule has 0 bridgehead atoms. The van der Waals surface area contributed by atoms with E-state index in [1.807, 2.05) is 0 Å². The van der Waals surface area contributed by atoms with Crippen LogP contribution in [0.25, 0.3) is 0 Å². The fourth-order valence-corrected chi connectivity index (χ4v) is 6.07. The molecule has 0 aromatic rings. The SMILES string of the molecule is OCC1COC2(C[CH2][Sb][CH2]C2)C1. The summed E-state index contributed by atoms with van der Waals surface area (Å²) in [4.78, 5) is 0. The van der Waals surface area contributed by atoms with Gasteiger partial charge in [0.1, 0.15) is 0 Å². The number of hydrogen-bond donors (Lipinski definition) is 1. The van der Waals surface area contributed by atoms with Crippen molar-refractivity contribution in [2.75, 3.05) is 13.2 Å². The van der Waals surface area contributed by atoms with Gasteiger partial charge in [-0.05, 0) is 0 Å². The molecule has 2 rings (SSSR count). The van der Waals surface area contributed by atoms with Crippen LogP contribution in [0.3, 0.4) is 0 Å². The van der Waals surface area contributed by atoms with Gasteiger partial charge in [0.2, 0.25) is 0 Å². The number of ether oxygens (including phenoxy) is 1. The zero-order chi connectivity index (χ0) is 8.44. The van der Waals surface area contributed by atoms with Crippen molar-refractivity contribution < 1.29 is 9.84 Å². The first kappa shape index (κ1) is 9.30. The van der Waals surface area contributed by atoms with E-state index >= 15 is 0 Å². The molecule has 0 aliphatic carbocycles. The van der Waals surface area contributed by atoms with Crippen molar-refractivity contribution in [2.24, 2.45) is 5.92 Å². The minimum absolute atomic E-state index is 0.196. The van der Waals surface area contributed by atoms with Gasteiger partial charge in [0.05, 0.1) is 0 Å². The van der Waals surface area contributed by atoms with E-state index in [0.29, 0.717) is 12.5 Å². The van der Waals surface area contributed by atoms with Crippen LogP contribution in [0.5, 0.6) is 0 Å². The molecule has 1 N–H and O–H groups in total. The van der Waals surface area contributed by atoms with Gasteiger partial charge in [0.25, 0.3) is 0 Å². The van der Waals surface area contributed by atoms with Crippen molar-refractivity contribution in [3.8, 4) is 0 Å². The van der Waals surface area contributed by atoms with E-state index in [4.69, 9.17) is 9.84 Å². The predicted molar refractivity (Wildman–Crippen MR) is 48.5 cm³/mol. The fourth-order valence-electron chi connectivity index (χ4n) is 2.21. The summed E-state index contributed by atoms with van der Waals surface area (Å²) in [6.45, 7) is 1.12. The Morgan fingerprint density at radius 3 is 2.75 bits per heavy atom. The second-order valence-corrected chi connectivity index (χ2v) is 7.75.